The molecule has 1 atom stereocenters. The van der Waals surface area contributed by atoms with Crippen LogP contribution in [0.25, 0.3) is 0 Å². The SMILES string of the molecule is CC(C)C(=O)Nc1cccc(C(=O)N2CCCCC2C)c1. The van der Waals surface area contributed by atoms with Crippen LogP contribution in [0.2, 0.25) is 0 Å². The molecule has 0 radical (unpaired) electrons. The molecule has 2 rings (SSSR count). The van der Waals surface area contributed by atoms with Crippen molar-refractivity contribution in [2.24, 2.45) is 5.92 Å². The van der Waals surface area contributed by atoms with Gasteiger partial charge in [-0.25, -0.2) is 0 Å². The number of likely N-dealkylation sites (tertiary alicyclic amines) is 1. The molecule has 1 aliphatic heterocycles. The summed E-state index contributed by atoms with van der Waals surface area (Å²) in [5.74, 6) is -0.0553. The number of rotatable bonds is 3. The Balaban J connectivity index is 2.13. The summed E-state index contributed by atoms with van der Waals surface area (Å²) in [5, 5.41) is 2.84. The number of anilines is 1. The Morgan fingerprint density at radius 2 is 2.05 bits per heavy atom. The third kappa shape index (κ3) is 3.84. The van der Waals surface area contributed by atoms with Crippen LogP contribution < -0.4 is 5.32 Å². The smallest absolute Gasteiger partial charge is 0.254 e. The van der Waals surface area contributed by atoms with E-state index in [4.69, 9.17) is 0 Å². The van der Waals surface area contributed by atoms with Crippen LogP contribution in [0.3, 0.4) is 0 Å². The molecule has 0 aromatic heterocycles. The largest absolute Gasteiger partial charge is 0.336 e. The molecule has 1 unspecified atom stereocenters. The molecule has 4 nitrogen and oxygen atoms in total. The van der Waals surface area contributed by atoms with Gasteiger partial charge in [-0.15, -0.1) is 0 Å². The highest BCUT2D eigenvalue weighted by Crippen LogP contribution is 2.20. The normalized spacial score (nSPS) is 18.7. The van der Waals surface area contributed by atoms with Gasteiger partial charge in [0.05, 0.1) is 0 Å². The Hall–Kier alpha value is -1.84. The lowest BCUT2D eigenvalue weighted by atomic mass is 10.0. The lowest BCUT2D eigenvalue weighted by Crippen LogP contribution is -2.42. The zero-order chi connectivity index (χ0) is 15.4. The molecule has 1 aromatic rings. The topological polar surface area (TPSA) is 49.4 Å². The first kappa shape index (κ1) is 15.5. The van der Waals surface area contributed by atoms with E-state index in [1.807, 2.05) is 36.9 Å². The maximum atomic E-state index is 12.6. The van der Waals surface area contributed by atoms with E-state index in [-0.39, 0.29) is 17.7 Å². The molecule has 1 N–H and O–H groups in total. The summed E-state index contributed by atoms with van der Waals surface area (Å²) in [4.78, 5) is 26.3. The number of amides is 2. The lowest BCUT2D eigenvalue weighted by Gasteiger charge is -2.33. The van der Waals surface area contributed by atoms with Gasteiger partial charge in [0, 0.05) is 29.8 Å². The van der Waals surface area contributed by atoms with Gasteiger partial charge in [0.2, 0.25) is 5.91 Å². The van der Waals surface area contributed by atoms with Crippen LogP contribution in [0, 0.1) is 5.92 Å². The summed E-state index contributed by atoms with van der Waals surface area (Å²) >= 11 is 0. The van der Waals surface area contributed by atoms with Crippen LogP contribution in [-0.4, -0.2) is 29.3 Å². The van der Waals surface area contributed by atoms with E-state index < -0.39 is 0 Å². The molecule has 1 saturated heterocycles. The van der Waals surface area contributed by atoms with Gasteiger partial charge >= 0.3 is 0 Å². The van der Waals surface area contributed by atoms with E-state index in [0.717, 1.165) is 19.4 Å². The Morgan fingerprint density at radius 3 is 2.71 bits per heavy atom. The quantitative estimate of drug-likeness (QED) is 0.927. The number of carbonyl (C=O) groups excluding carboxylic acids is 2. The number of benzene rings is 1. The van der Waals surface area contributed by atoms with E-state index in [9.17, 15) is 9.59 Å². The minimum absolute atomic E-state index is 0.0362. The van der Waals surface area contributed by atoms with Gasteiger partial charge in [0.15, 0.2) is 0 Å². The Morgan fingerprint density at radius 1 is 1.29 bits per heavy atom. The molecule has 2 amide bonds. The second kappa shape index (κ2) is 6.74. The van der Waals surface area contributed by atoms with Gasteiger partial charge in [0.25, 0.3) is 5.91 Å². The van der Waals surface area contributed by atoms with E-state index in [0.29, 0.717) is 17.3 Å². The summed E-state index contributed by atoms with van der Waals surface area (Å²) < 4.78 is 0. The molecule has 0 bridgehead atoms. The number of nitrogens with one attached hydrogen (secondary N) is 1. The summed E-state index contributed by atoms with van der Waals surface area (Å²) in [6.07, 6.45) is 3.32. The van der Waals surface area contributed by atoms with Crippen molar-refractivity contribution in [1.82, 2.24) is 4.90 Å². The molecular formula is C17H24N2O2. The number of nitrogens with zero attached hydrogens (tertiary/aromatic N) is 1. The molecule has 1 aromatic carbocycles. The van der Waals surface area contributed by atoms with Crippen molar-refractivity contribution in [2.75, 3.05) is 11.9 Å². The molecule has 1 aliphatic rings. The Labute approximate surface area is 126 Å². The fraction of sp³-hybridized carbons (Fsp3) is 0.529. The Bertz CT molecular complexity index is 525. The zero-order valence-electron chi connectivity index (χ0n) is 13.1. The minimum Gasteiger partial charge on any atom is -0.336 e. The van der Waals surface area contributed by atoms with E-state index in [2.05, 4.69) is 12.2 Å². The van der Waals surface area contributed by atoms with Crippen LogP contribution in [0.15, 0.2) is 24.3 Å². The average Bonchev–Trinajstić information content (AvgIpc) is 2.47. The van der Waals surface area contributed by atoms with E-state index in [1.165, 1.54) is 6.42 Å². The minimum atomic E-state index is -0.0773. The second-order valence-corrected chi connectivity index (χ2v) is 6.07. The predicted octanol–water partition coefficient (Wildman–Crippen LogP) is 3.30. The number of hydrogen-bond acceptors (Lipinski definition) is 2. The van der Waals surface area contributed by atoms with Crippen molar-refractivity contribution in [3.63, 3.8) is 0 Å². The molecule has 1 heterocycles. The number of hydrogen-bond donors (Lipinski definition) is 1. The maximum Gasteiger partial charge on any atom is 0.254 e. The molecule has 4 heteroatoms. The maximum absolute atomic E-state index is 12.6. The molecule has 114 valence electrons. The number of carbonyl (C=O) groups is 2. The van der Waals surface area contributed by atoms with Crippen LogP contribution in [0.1, 0.15) is 50.4 Å². The summed E-state index contributed by atoms with van der Waals surface area (Å²) in [6.45, 7) is 6.61. The first-order chi connectivity index (χ1) is 9.99. The van der Waals surface area contributed by atoms with Crippen LogP contribution in [0.4, 0.5) is 5.69 Å². The standard InChI is InChI=1S/C17H24N2O2/c1-12(2)16(20)18-15-9-6-8-14(11-15)17(21)19-10-5-4-7-13(19)3/h6,8-9,11-13H,4-5,7,10H2,1-3H3,(H,18,20). The van der Waals surface area contributed by atoms with Crippen molar-refractivity contribution in [1.29, 1.82) is 0 Å². The second-order valence-electron chi connectivity index (χ2n) is 6.07. The van der Waals surface area contributed by atoms with Gasteiger partial charge < -0.3 is 10.2 Å². The van der Waals surface area contributed by atoms with Gasteiger partial charge in [-0.1, -0.05) is 19.9 Å². The van der Waals surface area contributed by atoms with Crippen LogP contribution in [-0.2, 0) is 4.79 Å². The lowest BCUT2D eigenvalue weighted by molar-refractivity contribution is -0.118. The molecule has 0 spiro atoms. The summed E-state index contributed by atoms with van der Waals surface area (Å²) in [5.41, 5.74) is 1.33. The highest BCUT2D eigenvalue weighted by atomic mass is 16.2. The number of piperidine rings is 1. The Kier molecular flexibility index (Phi) is 4.99. The predicted molar refractivity (Wildman–Crippen MR) is 84.3 cm³/mol. The van der Waals surface area contributed by atoms with Crippen LogP contribution >= 0.6 is 0 Å². The molecule has 21 heavy (non-hydrogen) atoms. The summed E-state index contributed by atoms with van der Waals surface area (Å²) in [6, 6.07) is 7.51. The van der Waals surface area contributed by atoms with E-state index in [1.54, 1.807) is 6.07 Å². The molecule has 0 aliphatic carbocycles. The molecule has 0 saturated carbocycles. The first-order valence-electron chi connectivity index (χ1n) is 7.71. The van der Waals surface area contributed by atoms with Crippen molar-refractivity contribution < 1.29 is 9.59 Å². The van der Waals surface area contributed by atoms with Gasteiger partial charge in [0.1, 0.15) is 0 Å². The third-order valence-corrected chi connectivity index (χ3v) is 3.97. The highest BCUT2D eigenvalue weighted by molar-refractivity contribution is 5.97. The zero-order valence-corrected chi connectivity index (χ0v) is 13.1. The fourth-order valence-corrected chi connectivity index (χ4v) is 2.58. The van der Waals surface area contributed by atoms with Gasteiger partial charge in [-0.05, 0) is 44.4 Å². The first-order valence-corrected chi connectivity index (χ1v) is 7.71. The summed E-state index contributed by atoms with van der Waals surface area (Å²) in [7, 11) is 0. The van der Waals surface area contributed by atoms with Crippen molar-refractivity contribution in [3.8, 4) is 0 Å². The van der Waals surface area contributed by atoms with Crippen molar-refractivity contribution in [3.05, 3.63) is 29.8 Å². The fourth-order valence-electron chi connectivity index (χ4n) is 2.58. The monoisotopic (exact) mass is 288 g/mol. The van der Waals surface area contributed by atoms with E-state index >= 15 is 0 Å². The highest BCUT2D eigenvalue weighted by Gasteiger charge is 2.24. The average molecular weight is 288 g/mol. The van der Waals surface area contributed by atoms with Crippen LogP contribution in [0.5, 0.6) is 0 Å². The molecule has 1 fully saturated rings. The van der Waals surface area contributed by atoms with Gasteiger partial charge in [-0.3, -0.25) is 9.59 Å². The van der Waals surface area contributed by atoms with Gasteiger partial charge in [-0.2, -0.15) is 0 Å². The van der Waals surface area contributed by atoms with Crippen molar-refractivity contribution in [2.45, 2.75) is 46.1 Å². The van der Waals surface area contributed by atoms with Crippen molar-refractivity contribution >= 4 is 17.5 Å². The third-order valence-electron chi connectivity index (χ3n) is 3.97. The molecular weight excluding hydrogens is 264 g/mol.